The maximum absolute atomic E-state index is 12.2. The van der Waals surface area contributed by atoms with E-state index in [0.717, 1.165) is 11.8 Å². The summed E-state index contributed by atoms with van der Waals surface area (Å²) in [4.78, 5) is 43.4. The second kappa shape index (κ2) is 9.14. The first-order chi connectivity index (χ1) is 12.5. The van der Waals surface area contributed by atoms with Crippen LogP contribution in [0.4, 0.5) is 10.5 Å². The molecule has 1 N–H and O–H groups in total. The van der Waals surface area contributed by atoms with Crippen molar-refractivity contribution in [2.24, 2.45) is 15.9 Å². The Morgan fingerprint density at radius 3 is 2.69 bits per heavy atom. The quantitative estimate of drug-likeness (QED) is 0.764. The van der Waals surface area contributed by atoms with Crippen LogP contribution in [0.1, 0.15) is 13.8 Å². The molecule has 0 saturated carbocycles. The highest BCUT2D eigenvalue weighted by atomic mass is 32.2. The van der Waals surface area contributed by atoms with Crippen LogP contribution in [0, 0.1) is 5.92 Å². The Hall–Kier alpha value is -2.68. The van der Waals surface area contributed by atoms with Gasteiger partial charge in [0.25, 0.3) is 0 Å². The lowest BCUT2D eigenvalue weighted by molar-refractivity contribution is -0.143. The minimum atomic E-state index is -0.864. The monoisotopic (exact) mass is 377 g/mol. The molecule has 1 aromatic carbocycles. The zero-order chi connectivity index (χ0) is 19.1. The molecule has 0 bridgehead atoms. The number of carbonyl (C=O) groups is 3. The molecule has 9 heteroatoms. The molecule has 138 valence electrons. The van der Waals surface area contributed by atoms with Gasteiger partial charge in [0.2, 0.25) is 5.91 Å². The fourth-order valence-corrected chi connectivity index (χ4v) is 3.19. The molecule has 3 amide bonds. The Morgan fingerprint density at radius 1 is 1.27 bits per heavy atom. The summed E-state index contributed by atoms with van der Waals surface area (Å²) >= 11 is 1.00. The number of amides is 3. The first-order valence-electron chi connectivity index (χ1n) is 7.86. The van der Waals surface area contributed by atoms with Gasteiger partial charge >= 0.3 is 12.0 Å². The molecule has 0 aliphatic carbocycles. The summed E-state index contributed by atoms with van der Waals surface area (Å²) in [5.41, 5.74) is 0.832. The van der Waals surface area contributed by atoms with Crippen LogP contribution in [-0.2, 0) is 14.3 Å². The van der Waals surface area contributed by atoms with Gasteiger partial charge in [0.15, 0.2) is 0 Å². The number of anilines is 1. The van der Waals surface area contributed by atoms with E-state index in [0.29, 0.717) is 17.1 Å². The zero-order valence-electron chi connectivity index (χ0n) is 14.6. The average molecular weight is 377 g/mol. The number of hydrogen-bond donors (Lipinski definition) is 1. The van der Waals surface area contributed by atoms with Gasteiger partial charge < -0.3 is 14.8 Å². The summed E-state index contributed by atoms with van der Waals surface area (Å²) < 4.78 is 10.2. The third kappa shape index (κ3) is 4.92. The van der Waals surface area contributed by atoms with Gasteiger partial charge in [0, 0.05) is 5.71 Å². The number of urea groups is 1. The number of nitrogens with zero attached hydrogens (tertiary/aromatic N) is 2. The number of rotatable bonds is 6. The van der Waals surface area contributed by atoms with Gasteiger partial charge in [-0.3, -0.25) is 9.59 Å². The molecule has 1 aliphatic rings. The fourth-order valence-electron chi connectivity index (χ4n) is 2.26. The van der Waals surface area contributed by atoms with Crippen molar-refractivity contribution in [2.45, 2.75) is 13.8 Å². The molecule has 8 nitrogen and oxygen atoms in total. The van der Waals surface area contributed by atoms with Gasteiger partial charge in [-0.25, -0.2) is 4.79 Å². The SMILES string of the molecule is CCOC(=O)C1C(C)=NC(=O)N=C1SCC(=O)Nc1ccccc1OC. The Labute approximate surface area is 155 Å². The summed E-state index contributed by atoms with van der Waals surface area (Å²) in [5, 5.41) is 2.93. The molecule has 1 aromatic rings. The zero-order valence-corrected chi connectivity index (χ0v) is 15.5. The molecule has 1 heterocycles. The largest absolute Gasteiger partial charge is 0.495 e. The van der Waals surface area contributed by atoms with E-state index in [1.54, 1.807) is 38.1 Å². The maximum atomic E-state index is 12.2. The molecule has 0 spiro atoms. The molecule has 2 rings (SSSR count). The van der Waals surface area contributed by atoms with Crippen molar-refractivity contribution in [2.75, 3.05) is 24.8 Å². The lowest BCUT2D eigenvalue weighted by Gasteiger charge is -2.19. The van der Waals surface area contributed by atoms with Gasteiger partial charge in [-0.1, -0.05) is 23.9 Å². The van der Waals surface area contributed by atoms with E-state index in [2.05, 4.69) is 15.3 Å². The van der Waals surface area contributed by atoms with E-state index in [1.165, 1.54) is 7.11 Å². The van der Waals surface area contributed by atoms with Crippen LogP contribution in [0.3, 0.4) is 0 Å². The molecule has 1 unspecified atom stereocenters. The first kappa shape index (κ1) is 19.6. The van der Waals surface area contributed by atoms with Crippen molar-refractivity contribution in [3.8, 4) is 5.75 Å². The molecule has 0 aromatic heterocycles. The van der Waals surface area contributed by atoms with Crippen LogP contribution < -0.4 is 10.1 Å². The maximum Gasteiger partial charge on any atom is 0.367 e. The topological polar surface area (TPSA) is 106 Å². The summed E-state index contributed by atoms with van der Waals surface area (Å²) in [6.07, 6.45) is 0. The third-order valence-corrected chi connectivity index (χ3v) is 4.43. The van der Waals surface area contributed by atoms with Crippen LogP contribution in [0.25, 0.3) is 0 Å². The van der Waals surface area contributed by atoms with Gasteiger partial charge in [0.1, 0.15) is 11.7 Å². The summed E-state index contributed by atoms with van der Waals surface area (Å²) in [6, 6.07) is 6.30. The number of carbonyl (C=O) groups excluding carboxylic acids is 3. The van der Waals surface area contributed by atoms with Gasteiger partial charge in [-0.05, 0) is 26.0 Å². The van der Waals surface area contributed by atoms with Crippen molar-refractivity contribution in [3.63, 3.8) is 0 Å². The molecule has 1 aliphatic heterocycles. The molecule has 1 atom stereocenters. The lowest BCUT2D eigenvalue weighted by Crippen LogP contribution is -2.34. The van der Waals surface area contributed by atoms with Crippen molar-refractivity contribution >= 4 is 46.1 Å². The van der Waals surface area contributed by atoms with Crippen molar-refractivity contribution in [1.29, 1.82) is 0 Å². The third-order valence-electron chi connectivity index (χ3n) is 3.40. The summed E-state index contributed by atoms with van der Waals surface area (Å²) in [5.74, 6) is -1.23. The van der Waals surface area contributed by atoms with E-state index in [1.807, 2.05) is 0 Å². The van der Waals surface area contributed by atoms with Gasteiger partial charge in [-0.2, -0.15) is 9.98 Å². The smallest absolute Gasteiger partial charge is 0.367 e. The minimum absolute atomic E-state index is 0.0344. The Bertz CT molecular complexity index is 775. The number of thioether (sulfide) groups is 1. The Morgan fingerprint density at radius 2 is 2.00 bits per heavy atom. The van der Waals surface area contributed by atoms with Crippen LogP contribution >= 0.6 is 11.8 Å². The number of methoxy groups -OCH3 is 1. The highest BCUT2D eigenvalue weighted by molar-refractivity contribution is 8.14. The number of para-hydroxylation sites is 2. The Balaban J connectivity index is 2.05. The van der Waals surface area contributed by atoms with Crippen LogP contribution in [-0.4, -0.2) is 48.1 Å². The summed E-state index contributed by atoms with van der Waals surface area (Å²) in [6.45, 7) is 3.44. The van der Waals surface area contributed by atoms with Crippen molar-refractivity contribution in [3.05, 3.63) is 24.3 Å². The second-order valence-corrected chi connectivity index (χ2v) is 6.20. The number of ether oxygens (including phenoxy) is 2. The highest BCUT2D eigenvalue weighted by Gasteiger charge is 2.33. The molecule has 26 heavy (non-hydrogen) atoms. The van der Waals surface area contributed by atoms with Crippen LogP contribution in [0.15, 0.2) is 34.3 Å². The average Bonchev–Trinajstić information content (AvgIpc) is 2.60. The first-order valence-corrected chi connectivity index (χ1v) is 8.84. The molecule has 0 saturated heterocycles. The lowest BCUT2D eigenvalue weighted by atomic mass is 10.1. The molecular weight excluding hydrogens is 358 g/mol. The Kier molecular flexibility index (Phi) is 6.90. The molecule has 0 fully saturated rings. The number of hydrogen-bond acceptors (Lipinski definition) is 6. The minimum Gasteiger partial charge on any atom is -0.495 e. The predicted octanol–water partition coefficient (Wildman–Crippen LogP) is 2.54. The van der Waals surface area contributed by atoms with E-state index >= 15 is 0 Å². The number of benzene rings is 1. The van der Waals surface area contributed by atoms with Gasteiger partial charge in [-0.15, -0.1) is 0 Å². The van der Waals surface area contributed by atoms with Crippen molar-refractivity contribution in [1.82, 2.24) is 0 Å². The van der Waals surface area contributed by atoms with Gasteiger partial charge in [0.05, 0.1) is 30.2 Å². The van der Waals surface area contributed by atoms with E-state index < -0.39 is 17.9 Å². The predicted molar refractivity (Wildman–Crippen MR) is 100 cm³/mol. The number of aliphatic imine (C=N–C) groups is 2. The van der Waals surface area contributed by atoms with E-state index in [-0.39, 0.29) is 23.3 Å². The highest BCUT2D eigenvalue weighted by Crippen LogP contribution is 2.25. The number of esters is 1. The van der Waals surface area contributed by atoms with Crippen LogP contribution in [0.5, 0.6) is 5.75 Å². The van der Waals surface area contributed by atoms with E-state index in [4.69, 9.17) is 9.47 Å². The fraction of sp³-hybridized carbons (Fsp3) is 0.353. The van der Waals surface area contributed by atoms with Crippen LogP contribution in [0.2, 0.25) is 0 Å². The second-order valence-electron chi connectivity index (χ2n) is 5.21. The normalized spacial score (nSPS) is 16.4. The molecular formula is C17H19N3O5S. The van der Waals surface area contributed by atoms with E-state index in [9.17, 15) is 14.4 Å². The number of nitrogens with one attached hydrogen (secondary N) is 1. The standard InChI is InChI=1S/C17H19N3O5S/c1-4-25-16(22)14-10(2)18-17(23)20-15(14)26-9-13(21)19-11-7-5-6-8-12(11)24-3/h5-8,14H,4,9H2,1-3H3,(H,19,21). The van der Waals surface area contributed by atoms with Crippen molar-refractivity contribution < 1.29 is 23.9 Å². The summed E-state index contributed by atoms with van der Waals surface area (Å²) in [7, 11) is 1.51. The molecule has 0 radical (unpaired) electrons.